The Kier molecular flexibility index (Phi) is 5.58. The predicted octanol–water partition coefficient (Wildman–Crippen LogP) is 3.97. The Hall–Kier alpha value is -2.80. The summed E-state index contributed by atoms with van der Waals surface area (Å²) in [6.07, 6.45) is 1.98. The van der Waals surface area contributed by atoms with Crippen LogP contribution in [0.4, 0.5) is 14.5 Å². The molecule has 1 saturated heterocycles. The lowest BCUT2D eigenvalue weighted by Gasteiger charge is -2.31. The van der Waals surface area contributed by atoms with Gasteiger partial charge in [0.1, 0.15) is 17.5 Å². The summed E-state index contributed by atoms with van der Waals surface area (Å²) in [7, 11) is 0. The first-order valence-electron chi connectivity index (χ1n) is 9.89. The molecule has 0 bridgehead atoms. The van der Waals surface area contributed by atoms with Crippen LogP contribution >= 0.6 is 0 Å². The van der Waals surface area contributed by atoms with Crippen molar-refractivity contribution < 1.29 is 13.6 Å². The SMILES string of the molecule is Cc1nc2ccccc2n1CC1CCN(CC(=O)Nc2ccc(F)cc2F)CC1. The van der Waals surface area contributed by atoms with Crippen molar-refractivity contribution in [3.8, 4) is 0 Å². The van der Waals surface area contributed by atoms with Gasteiger partial charge >= 0.3 is 0 Å². The van der Waals surface area contributed by atoms with E-state index in [1.807, 2.05) is 25.1 Å². The molecule has 1 amide bonds. The molecule has 0 unspecified atom stereocenters. The zero-order valence-electron chi connectivity index (χ0n) is 16.4. The van der Waals surface area contributed by atoms with Crippen LogP contribution in [0.15, 0.2) is 42.5 Å². The second-order valence-electron chi connectivity index (χ2n) is 7.65. The largest absolute Gasteiger partial charge is 0.328 e. The fourth-order valence-corrected chi connectivity index (χ4v) is 4.00. The number of hydrogen-bond acceptors (Lipinski definition) is 3. The molecule has 7 heteroatoms. The van der Waals surface area contributed by atoms with Crippen LogP contribution in [-0.4, -0.2) is 40.0 Å². The van der Waals surface area contributed by atoms with E-state index in [-0.39, 0.29) is 18.1 Å². The molecule has 2 heterocycles. The number of fused-ring (bicyclic) bond motifs is 1. The van der Waals surface area contributed by atoms with Gasteiger partial charge in [0.25, 0.3) is 0 Å². The van der Waals surface area contributed by atoms with Crippen molar-refractivity contribution in [2.75, 3.05) is 25.0 Å². The maximum absolute atomic E-state index is 13.7. The van der Waals surface area contributed by atoms with Crippen LogP contribution in [-0.2, 0) is 11.3 Å². The van der Waals surface area contributed by atoms with Gasteiger partial charge in [-0.3, -0.25) is 9.69 Å². The number of hydrogen-bond donors (Lipinski definition) is 1. The monoisotopic (exact) mass is 398 g/mol. The minimum absolute atomic E-state index is 0.00810. The number of nitrogens with zero attached hydrogens (tertiary/aromatic N) is 3. The highest BCUT2D eigenvalue weighted by atomic mass is 19.1. The molecule has 4 rings (SSSR count). The van der Waals surface area contributed by atoms with Gasteiger partial charge in [0, 0.05) is 12.6 Å². The number of halogens is 2. The number of rotatable bonds is 5. The molecule has 29 heavy (non-hydrogen) atoms. The summed E-state index contributed by atoms with van der Waals surface area (Å²) in [5.41, 5.74) is 2.19. The third kappa shape index (κ3) is 4.45. The number of aryl methyl sites for hydroxylation is 1. The van der Waals surface area contributed by atoms with E-state index in [0.717, 1.165) is 61.5 Å². The van der Waals surface area contributed by atoms with Gasteiger partial charge in [-0.05, 0) is 63.0 Å². The normalized spacial score (nSPS) is 15.7. The van der Waals surface area contributed by atoms with Crippen molar-refractivity contribution in [2.45, 2.75) is 26.3 Å². The number of benzene rings is 2. The average molecular weight is 398 g/mol. The maximum Gasteiger partial charge on any atom is 0.238 e. The van der Waals surface area contributed by atoms with Crippen LogP contribution in [0.5, 0.6) is 0 Å². The number of aromatic nitrogens is 2. The minimum atomic E-state index is -0.764. The highest BCUT2D eigenvalue weighted by Crippen LogP contribution is 2.23. The number of anilines is 1. The van der Waals surface area contributed by atoms with E-state index in [0.29, 0.717) is 5.92 Å². The van der Waals surface area contributed by atoms with E-state index in [9.17, 15) is 13.6 Å². The lowest BCUT2D eigenvalue weighted by atomic mass is 9.96. The lowest BCUT2D eigenvalue weighted by molar-refractivity contribution is -0.117. The number of nitrogens with one attached hydrogen (secondary N) is 1. The summed E-state index contributed by atoms with van der Waals surface area (Å²) in [5.74, 6) is -0.164. The summed E-state index contributed by atoms with van der Waals surface area (Å²) in [6.45, 7) is 4.79. The van der Waals surface area contributed by atoms with Gasteiger partial charge in [-0.2, -0.15) is 0 Å². The number of carbonyl (C=O) groups excluding carboxylic acids is 1. The average Bonchev–Trinajstić information content (AvgIpc) is 3.01. The number of carbonyl (C=O) groups is 1. The number of piperidine rings is 1. The summed E-state index contributed by atoms with van der Waals surface area (Å²) >= 11 is 0. The van der Waals surface area contributed by atoms with Gasteiger partial charge in [-0.25, -0.2) is 13.8 Å². The quantitative estimate of drug-likeness (QED) is 0.708. The smallest absolute Gasteiger partial charge is 0.238 e. The van der Waals surface area contributed by atoms with Crippen molar-refractivity contribution >= 4 is 22.6 Å². The Morgan fingerprint density at radius 3 is 2.69 bits per heavy atom. The van der Waals surface area contributed by atoms with E-state index in [1.165, 1.54) is 6.07 Å². The molecule has 152 valence electrons. The lowest BCUT2D eigenvalue weighted by Crippen LogP contribution is -2.40. The van der Waals surface area contributed by atoms with Crippen LogP contribution in [0, 0.1) is 24.5 Å². The zero-order valence-corrected chi connectivity index (χ0v) is 16.4. The molecule has 1 aromatic heterocycles. The van der Waals surface area contributed by atoms with Gasteiger partial charge in [-0.15, -0.1) is 0 Å². The van der Waals surface area contributed by atoms with Gasteiger partial charge in [0.15, 0.2) is 0 Å². The Morgan fingerprint density at radius 2 is 1.93 bits per heavy atom. The third-order valence-electron chi connectivity index (χ3n) is 5.57. The van der Waals surface area contributed by atoms with Crippen molar-refractivity contribution in [3.63, 3.8) is 0 Å². The van der Waals surface area contributed by atoms with E-state index < -0.39 is 11.6 Å². The topological polar surface area (TPSA) is 50.2 Å². The maximum atomic E-state index is 13.7. The molecule has 0 saturated carbocycles. The first kappa shape index (κ1) is 19.5. The summed E-state index contributed by atoms with van der Waals surface area (Å²) in [5, 5.41) is 2.53. The van der Waals surface area contributed by atoms with Crippen LogP contribution in [0.2, 0.25) is 0 Å². The van der Waals surface area contributed by atoms with Gasteiger partial charge < -0.3 is 9.88 Å². The van der Waals surface area contributed by atoms with Crippen molar-refractivity contribution in [3.05, 3.63) is 59.9 Å². The van der Waals surface area contributed by atoms with Crippen molar-refractivity contribution in [1.29, 1.82) is 0 Å². The Labute approximate surface area is 168 Å². The molecule has 1 fully saturated rings. The fourth-order valence-electron chi connectivity index (χ4n) is 4.00. The van der Waals surface area contributed by atoms with Crippen LogP contribution < -0.4 is 5.32 Å². The van der Waals surface area contributed by atoms with Crippen LogP contribution in [0.3, 0.4) is 0 Å². The molecule has 0 atom stereocenters. The highest BCUT2D eigenvalue weighted by molar-refractivity contribution is 5.92. The Bertz CT molecular complexity index is 1020. The van der Waals surface area contributed by atoms with Gasteiger partial charge in [0.2, 0.25) is 5.91 Å². The van der Waals surface area contributed by atoms with Gasteiger partial charge in [0.05, 0.1) is 23.3 Å². The van der Waals surface area contributed by atoms with E-state index in [2.05, 4.69) is 25.8 Å². The van der Waals surface area contributed by atoms with Crippen molar-refractivity contribution in [2.24, 2.45) is 5.92 Å². The molecular formula is C22H24F2N4O. The van der Waals surface area contributed by atoms with Crippen LogP contribution in [0.1, 0.15) is 18.7 Å². The summed E-state index contributed by atoms with van der Waals surface area (Å²) < 4.78 is 28.9. The third-order valence-corrected chi connectivity index (χ3v) is 5.57. The molecule has 0 aliphatic carbocycles. The molecule has 5 nitrogen and oxygen atoms in total. The van der Waals surface area contributed by atoms with Crippen LogP contribution in [0.25, 0.3) is 11.0 Å². The van der Waals surface area contributed by atoms with E-state index in [1.54, 1.807) is 0 Å². The first-order chi connectivity index (χ1) is 14.0. The number of para-hydroxylation sites is 2. The second-order valence-corrected chi connectivity index (χ2v) is 7.65. The molecule has 0 radical (unpaired) electrons. The summed E-state index contributed by atoms with van der Waals surface area (Å²) in [4.78, 5) is 18.9. The molecule has 0 spiro atoms. The number of likely N-dealkylation sites (tertiary alicyclic amines) is 1. The zero-order chi connectivity index (χ0) is 20.4. The molecule has 1 aliphatic heterocycles. The minimum Gasteiger partial charge on any atom is -0.328 e. The molecule has 1 N–H and O–H groups in total. The molecule has 1 aliphatic rings. The van der Waals surface area contributed by atoms with E-state index in [4.69, 9.17) is 0 Å². The standard InChI is InChI=1S/C22H24F2N4O/c1-15-25-20-4-2-3-5-21(20)28(15)13-16-8-10-27(11-9-16)14-22(29)26-19-7-6-17(23)12-18(19)24/h2-7,12,16H,8-11,13-14H2,1H3,(H,26,29). The second kappa shape index (κ2) is 8.29. The first-order valence-corrected chi connectivity index (χ1v) is 9.89. The number of amides is 1. The number of imidazole rings is 1. The fraction of sp³-hybridized carbons (Fsp3) is 0.364. The predicted molar refractivity (Wildman–Crippen MR) is 109 cm³/mol. The van der Waals surface area contributed by atoms with Crippen molar-refractivity contribution in [1.82, 2.24) is 14.5 Å². The molecular weight excluding hydrogens is 374 g/mol. The Balaban J connectivity index is 1.30. The molecule has 3 aromatic rings. The van der Waals surface area contributed by atoms with Gasteiger partial charge in [-0.1, -0.05) is 12.1 Å². The highest BCUT2D eigenvalue weighted by Gasteiger charge is 2.22. The summed E-state index contributed by atoms with van der Waals surface area (Å²) in [6, 6.07) is 11.3. The van der Waals surface area contributed by atoms with E-state index >= 15 is 0 Å². The molecule has 2 aromatic carbocycles. The Morgan fingerprint density at radius 1 is 1.17 bits per heavy atom.